The number of pyridine rings is 1. The van der Waals surface area contributed by atoms with Crippen LogP contribution in [0.15, 0.2) is 132 Å². The maximum atomic E-state index is 6.70. The first-order valence-corrected chi connectivity index (χ1v) is 10.6. The van der Waals surface area contributed by atoms with Crippen LogP contribution >= 0.6 is 0 Å². The summed E-state index contributed by atoms with van der Waals surface area (Å²) in [6, 6.07) is 10.1. The van der Waals surface area contributed by atoms with E-state index in [9.17, 15) is 0 Å². The monoisotopic (exact) mass is 403 g/mol. The van der Waals surface area contributed by atoms with Crippen molar-refractivity contribution in [1.29, 1.82) is 0 Å². The van der Waals surface area contributed by atoms with E-state index < -0.39 is 0 Å². The summed E-state index contributed by atoms with van der Waals surface area (Å²) in [6.07, 6.45) is 22.5. The third kappa shape index (κ3) is 4.61. The molecule has 0 saturated carbocycles. The maximum Gasteiger partial charge on any atom is 0.426 e. The van der Waals surface area contributed by atoms with Gasteiger partial charge in [0.15, 0.2) is 0 Å². The Morgan fingerprint density at radius 3 is 2.71 bits per heavy atom. The van der Waals surface area contributed by atoms with Gasteiger partial charge in [-0.15, -0.1) is 0 Å². The maximum absolute atomic E-state index is 6.70. The van der Waals surface area contributed by atoms with E-state index in [1.165, 1.54) is 11.1 Å². The average molecular weight is 403 g/mol. The van der Waals surface area contributed by atoms with E-state index in [0.717, 1.165) is 46.0 Å². The molecule has 152 valence electrons. The Bertz CT molecular complexity index is 1200. The number of para-hydroxylation sites is 1. The number of rotatable bonds is 6. The molecule has 1 aromatic carbocycles. The molecule has 0 fully saturated rings. The van der Waals surface area contributed by atoms with Crippen molar-refractivity contribution >= 4 is 17.8 Å². The molecular weight excluding hydrogens is 377 g/mol. The van der Waals surface area contributed by atoms with E-state index in [-0.39, 0.29) is 6.92 Å². The smallest absolute Gasteiger partial charge is 0.426 e. The minimum Gasteiger partial charge on any atom is -0.550 e. The van der Waals surface area contributed by atoms with Crippen LogP contribution < -0.4 is 4.65 Å². The van der Waals surface area contributed by atoms with E-state index >= 15 is 0 Å². The molecule has 0 N–H and O–H groups in total. The van der Waals surface area contributed by atoms with Crippen LogP contribution in [0.4, 0.5) is 0 Å². The molecule has 0 spiro atoms. The molecule has 0 atom stereocenters. The molecule has 0 saturated heterocycles. The Balaban J connectivity index is 1.80. The Kier molecular flexibility index (Phi) is 6.33. The second-order valence-corrected chi connectivity index (χ2v) is 7.67. The molecule has 0 unspecified atom stereocenters. The summed E-state index contributed by atoms with van der Waals surface area (Å²) in [5.41, 5.74) is 6.66. The number of nitrogens with zero attached hydrogens (tertiary/aromatic N) is 1. The Labute approximate surface area is 185 Å². The molecule has 2 nitrogen and oxygen atoms in total. The predicted octanol–water partition coefficient (Wildman–Crippen LogP) is 7.07. The molecule has 0 amide bonds. The minimum absolute atomic E-state index is 0.253. The lowest BCUT2D eigenvalue weighted by atomic mass is 9.53. The Hall–Kier alpha value is -3.59. The van der Waals surface area contributed by atoms with E-state index in [2.05, 4.69) is 79.7 Å². The second kappa shape index (κ2) is 9.48. The summed E-state index contributed by atoms with van der Waals surface area (Å²) < 4.78 is 6.70. The van der Waals surface area contributed by atoms with Crippen LogP contribution in [0.5, 0.6) is 5.75 Å². The van der Waals surface area contributed by atoms with Gasteiger partial charge in [-0.1, -0.05) is 86.0 Å². The summed E-state index contributed by atoms with van der Waals surface area (Å²) in [4.78, 5) is 4.58. The normalized spacial score (nSPS) is 16.1. The highest BCUT2D eigenvalue weighted by Crippen LogP contribution is 2.29. The van der Waals surface area contributed by atoms with Crippen LogP contribution in [0.2, 0.25) is 0 Å². The number of benzene rings is 1. The predicted molar refractivity (Wildman–Crippen MR) is 133 cm³/mol. The fourth-order valence-electron chi connectivity index (χ4n) is 3.91. The zero-order chi connectivity index (χ0) is 21.6. The van der Waals surface area contributed by atoms with Gasteiger partial charge in [-0.2, -0.15) is 0 Å². The van der Waals surface area contributed by atoms with E-state index in [1.54, 1.807) is 0 Å². The summed E-state index contributed by atoms with van der Waals surface area (Å²) in [6.45, 7) is 9.76. The SMILES string of the molecule is C=CC1=CCC=C(B(Oc2cccc3cccnc23)C2=CC(C)=C(C=C)CC=C2)C=C1. The van der Waals surface area contributed by atoms with Crippen molar-refractivity contribution < 1.29 is 4.65 Å². The largest absolute Gasteiger partial charge is 0.550 e. The van der Waals surface area contributed by atoms with Crippen molar-refractivity contribution in [2.45, 2.75) is 19.8 Å². The number of allylic oxidation sites excluding steroid dienone is 14. The number of hydrogen-bond donors (Lipinski definition) is 0. The minimum atomic E-state index is -0.253. The van der Waals surface area contributed by atoms with Crippen LogP contribution in [0.1, 0.15) is 19.8 Å². The number of aromatic nitrogens is 1. The van der Waals surface area contributed by atoms with Crippen molar-refractivity contribution in [3.05, 3.63) is 132 Å². The van der Waals surface area contributed by atoms with Gasteiger partial charge in [0.25, 0.3) is 0 Å². The molecule has 2 aliphatic rings. The first-order chi connectivity index (χ1) is 15.2. The van der Waals surface area contributed by atoms with Crippen LogP contribution in [0.3, 0.4) is 0 Å². The van der Waals surface area contributed by atoms with Gasteiger partial charge < -0.3 is 4.65 Å². The second-order valence-electron chi connectivity index (χ2n) is 7.67. The molecule has 0 radical (unpaired) electrons. The van der Waals surface area contributed by atoms with Crippen molar-refractivity contribution in [3.63, 3.8) is 0 Å². The molecule has 3 heteroatoms. The molecule has 1 heterocycles. The zero-order valence-corrected chi connectivity index (χ0v) is 17.9. The van der Waals surface area contributed by atoms with Gasteiger partial charge in [0.05, 0.1) is 0 Å². The quantitative estimate of drug-likeness (QED) is 0.481. The molecule has 4 rings (SSSR count). The summed E-state index contributed by atoms with van der Waals surface area (Å²) in [5, 5.41) is 1.06. The van der Waals surface area contributed by atoms with Crippen LogP contribution in [-0.2, 0) is 0 Å². The van der Waals surface area contributed by atoms with Gasteiger partial charge >= 0.3 is 6.92 Å². The molecular formula is C28H26BNO. The number of hydrogen-bond acceptors (Lipinski definition) is 2. The highest BCUT2D eigenvalue weighted by atomic mass is 16.4. The molecule has 2 aromatic rings. The van der Waals surface area contributed by atoms with Crippen molar-refractivity contribution in [1.82, 2.24) is 4.98 Å². The summed E-state index contributed by atoms with van der Waals surface area (Å²) >= 11 is 0. The first kappa shape index (κ1) is 20.7. The third-order valence-electron chi connectivity index (χ3n) is 5.64. The van der Waals surface area contributed by atoms with Crippen molar-refractivity contribution in [2.75, 3.05) is 0 Å². The van der Waals surface area contributed by atoms with Crippen LogP contribution in [0, 0.1) is 0 Å². The van der Waals surface area contributed by atoms with E-state index in [1.807, 2.05) is 36.5 Å². The highest BCUT2D eigenvalue weighted by Gasteiger charge is 2.27. The molecule has 0 aliphatic heterocycles. The van der Waals surface area contributed by atoms with Gasteiger partial charge in [-0.25, -0.2) is 0 Å². The average Bonchev–Trinajstić information content (AvgIpc) is 3.15. The zero-order valence-electron chi connectivity index (χ0n) is 17.9. The summed E-state index contributed by atoms with van der Waals surface area (Å²) in [7, 11) is 0. The van der Waals surface area contributed by atoms with Crippen molar-refractivity contribution in [3.8, 4) is 5.75 Å². The fourth-order valence-corrected chi connectivity index (χ4v) is 3.91. The molecule has 1 aromatic heterocycles. The van der Waals surface area contributed by atoms with Crippen LogP contribution in [-0.4, -0.2) is 11.9 Å². The molecule has 0 bridgehead atoms. The lowest BCUT2D eigenvalue weighted by Crippen LogP contribution is -2.27. The highest BCUT2D eigenvalue weighted by molar-refractivity contribution is 6.70. The lowest BCUT2D eigenvalue weighted by molar-refractivity contribution is 0.590. The molecule has 2 aliphatic carbocycles. The topological polar surface area (TPSA) is 22.1 Å². The van der Waals surface area contributed by atoms with E-state index in [4.69, 9.17) is 4.65 Å². The number of fused-ring (bicyclic) bond motifs is 1. The van der Waals surface area contributed by atoms with Crippen molar-refractivity contribution in [2.24, 2.45) is 0 Å². The third-order valence-corrected chi connectivity index (χ3v) is 5.64. The fraction of sp³-hybridized carbons (Fsp3) is 0.107. The molecule has 31 heavy (non-hydrogen) atoms. The Morgan fingerprint density at radius 1 is 1.00 bits per heavy atom. The lowest BCUT2D eigenvalue weighted by Gasteiger charge is -2.19. The summed E-state index contributed by atoms with van der Waals surface area (Å²) in [5.74, 6) is 0.780. The van der Waals surface area contributed by atoms with Gasteiger partial charge in [0, 0.05) is 11.6 Å². The first-order valence-electron chi connectivity index (χ1n) is 10.6. The standard InChI is InChI=1S/C28H26BNO/c1-4-22-10-6-14-25(18-17-22)29(26-15-7-11-23(5-2)21(3)20-26)31-27-16-8-12-24-13-9-19-30-28(24)27/h4-5,7-10,12-20H,1-2,6,11H2,3H3. The van der Waals surface area contributed by atoms with Crippen LogP contribution in [0.25, 0.3) is 10.9 Å². The van der Waals surface area contributed by atoms with Gasteiger partial charge in [0.1, 0.15) is 11.3 Å². The van der Waals surface area contributed by atoms with Gasteiger partial charge in [0.2, 0.25) is 0 Å². The Morgan fingerprint density at radius 2 is 1.87 bits per heavy atom. The van der Waals surface area contributed by atoms with Gasteiger partial charge in [-0.05, 0) is 59.6 Å². The van der Waals surface area contributed by atoms with Gasteiger partial charge in [-0.3, -0.25) is 4.98 Å². The van der Waals surface area contributed by atoms with E-state index in [0.29, 0.717) is 0 Å².